The van der Waals surface area contributed by atoms with Crippen molar-refractivity contribution in [2.24, 2.45) is 5.10 Å². The number of hydrogen-bond donors (Lipinski definition) is 1. The standard InChI is InChI=1S/C23H21BrN2O4/c1-28-20-8-5-9-21(13-20)29-16-23(27)26-25-14-18-12-19(24)10-11-22(18)30-15-17-6-3-2-4-7-17/h2-14H,15-16H2,1H3,(H,26,27)/b25-14+. The van der Waals surface area contributed by atoms with Crippen molar-refractivity contribution in [2.45, 2.75) is 6.61 Å². The van der Waals surface area contributed by atoms with Gasteiger partial charge in [0, 0.05) is 16.1 Å². The molecule has 0 aliphatic heterocycles. The fourth-order valence-electron chi connectivity index (χ4n) is 2.53. The summed E-state index contributed by atoms with van der Waals surface area (Å²) >= 11 is 3.44. The van der Waals surface area contributed by atoms with Gasteiger partial charge in [0.25, 0.3) is 5.91 Å². The molecule has 6 nitrogen and oxygen atoms in total. The number of methoxy groups -OCH3 is 1. The maximum atomic E-state index is 12.0. The third kappa shape index (κ3) is 6.63. The Hall–Kier alpha value is -3.32. The predicted molar refractivity (Wildman–Crippen MR) is 119 cm³/mol. The number of amides is 1. The average molecular weight is 469 g/mol. The quantitative estimate of drug-likeness (QED) is 0.369. The molecule has 0 fully saturated rings. The van der Waals surface area contributed by atoms with Crippen molar-refractivity contribution in [3.05, 3.63) is 88.4 Å². The van der Waals surface area contributed by atoms with Crippen LogP contribution in [0.2, 0.25) is 0 Å². The van der Waals surface area contributed by atoms with Crippen molar-refractivity contribution < 1.29 is 19.0 Å². The largest absolute Gasteiger partial charge is 0.497 e. The fourth-order valence-corrected chi connectivity index (χ4v) is 2.91. The van der Waals surface area contributed by atoms with E-state index < -0.39 is 0 Å². The number of hydrazone groups is 1. The highest BCUT2D eigenvalue weighted by Gasteiger charge is 2.05. The zero-order valence-corrected chi connectivity index (χ0v) is 18.0. The minimum absolute atomic E-state index is 0.166. The molecule has 0 radical (unpaired) electrons. The van der Waals surface area contributed by atoms with E-state index in [4.69, 9.17) is 14.2 Å². The Balaban J connectivity index is 1.55. The Morgan fingerprint density at radius 3 is 2.60 bits per heavy atom. The van der Waals surface area contributed by atoms with E-state index in [9.17, 15) is 4.79 Å². The van der Waals surface area contributed by atoms with Gasteiger partial charge in [0.05, 0.1) is 13.3 Å². The molecule has 0 aliphatic rings. The third-order valence-corrected chi connectivity index (χ3v) is 4.51. The summed E-state index contributed by atoms with van der Waals surface area (Å²) in [7, 11) is 1.57. The van der Waals surface area contributed by atoms with Crippen molar-refractivity contribution in [3.63, 3.8) is 0 Å². The molecule has 0 unspecified atom stereocenters. The summed E-state index contributed by atoms with van der Waals surface area (Å²) in [4.78, 5) is 12.0. The van der Waals surface area contributed by atoms with Gasteiger partial charge in [-0.1, -0.05) is 52.3 Å². The molecule has 3 rings (SSSR count). The summed E-state index contributed by atoms with van der Waals surface area (Å²) in [6.45, 7) is 0.268. The second-order valence-corrected chi connectivity index (χ2v) is 7.13. The number of carbonyl (C=O) groups is 1. The van der Waals surface area contributed by atoms with Gasteiger partial charge < -0.3 is 14.2 Å². The number of hydrogen-bond acceptors (Lipinski definition) is 5. The maximum Gasteiger partial charge on any atom is 0.277 e. The zero-order valence-electron chi connectivity index (χ0n) is 16.4. The molecule has 1 N–H and O–H groups in total. The van der Waals surface area contributed by atoms with Crippen LogP contribution in [0.25, 0.3) is 0 Å². The molecule has 0 spiro atoms. The number of ether oxygens (including phenoxy) is 3. The van der Waals surface area contributed by atoms with Gasteiger partial charge in [0.15, 0.2) is 6.61 Å². The molecule has 0 saturated carbocycles. The third-order valence-electron chi connectivity index (χ3n) is 4.01. The highest BCUT2D eigenvalue weighted by atomic mass is 79.9. The van der Waals surface area contributed by atoms with Crippen molar-refractivity contribution >= 4 is 28.1 Å². The lowest BCUT2D eigenvalue weighted by Crippen LogP contribution is -2.24. The SMILES string of the molecule is COc1cccc(OCC(=O)N/N=C/c2cc(Br)ccc2OCc2ccccc2)c1. The van der Waals surface area contributed by atoms with Crippen LogP contribution in [0.1, 0.15) is 11.1 Å². The van der Waals surface area contributed by atoms with E-state index in [2.05, 4.69) is 26.5 Å². The van der Waals surface area contributed by atoms with Gasteiger partial charge in [-0.3, -0.25) is 4.79 Å². The lowest BCUT2D eigenvalue weighted by molar-refractivity contribution is -0.123. The molecule has 3 aromatic rings. The lowest BCUT2D eigenvalue weighted by atomic mass is 10.2. The minimum atomic E-state index is -0.379. The van der Waals surface area contributed by atoms with Crippen LogP contribution < -0.4 is 19.6 Å². The number of benzene rings is 3. The zero-order chi connectivity index (χ0) is 21.2. The summed E-state index contributed by atoms with van der Waals surface area (Å²) in [5, 5.41) is 4.01. The summed E-state index contributed by atoms with van der Waals surface area (Å²) in [5.41, 5.74) is 4.25. The molecule has 3 aromatic carbocycles. The highest BCUT2D eigenvalue weighted by Crippen LogP contribution is 2.23. The first-order chi connectivity index (χ1) is 14.6. The number of nitrogens with zero attached hydrogens (tertiary/aromatic N) is 1. The Morgan fingerprint density at radius 2 is 1.80 bits per heavy atom. The fraction of sp³-hybridized carbons (Fsp3) is 0.130. The van der Waals surface area contributed by atoms with Gasteiger partial charge in [-0.15, -0.1) is 0 Å². The average Bonchev–Trinajstić information content (AvgIpc) is 2.78. The Kier molecular flexibility index (Phi) is 7.86. The molecule has 30 heavy (non-hydrogen) atoms. The lowest BCUT2D eigenvalue weighted by Gasteiger charge is -2.10. The Bertz CT molecular complexity index is 1010. The predicted octanol–water partition coefficient (Wildman–Crippen LogP) is 4.57. The molecule has 0 aromatic heterocycles. The van der Waals surface area contributed by atoms with E-state index in [-0.39, 0.29) is 12.5 Å². The van der Waals surface area contributed by atoms with Crippen LogP contribution in [-0.4, -0.2) is 25.8 Å². The van der Waals surface area contributed by atoms with Crippen molar-refractivity contribution in [3.8, 4) is 17.2 Å². The second kappa shape index (κ2) is 11.0. The number of nitrogens with one attached hydrogen (secondary N) is 1. The molecule has 154 valence electrons. The molecule has 1 amide bonds. The summed E-state index contributed by atoms with van der Waals surface area (Å²) in [5.74, 6) is 1.48. The van der Waals surface area contributed by atoms with Gasteiger partial charge in [-0.25, -0.2) is 5.43 Å². The molecule has 0 heterocycles. The van der Waals surface area contributed by atoms with Gasteiger partial charge in [-0.05, 0) is 35.9 Å². The van der Waals surface area contributed by atoms with Crippen molar-refractivity contribution in [1.82, 2.24) is 5.43 Å². The summed E-state index contributed by atoms with van der Waals surface area (Å²) in [6.07, 6.45) is 1.54. The first kappa shape index (κ1) is 21.4. The molecule has 0 aliphatic carbocycles. The number of rotatable bonds is 9. The maximum absolute atomic E-state index is 12.0. The van der Waals surface area contributed by atoms with Crippen LogP contribution in [0, 0.1) is 0 Å². The molecular weight excluding hydrogens is 448 g/mol. The van der Waals surface area contributed by atoms with Gasteiger partial charge >= 0.3 is 0 Å². The van der Waals surface area contributed by atoms with E-state index in [1.165, 1.54) is 6.21 Å². The van der Waals surface area contributed by atoms with E-state index >= 15 is 0 Å². The van der Waals surface area contributed by atoms with Crippen LogP contribution in [0.5, 0.6) is 17.2 Å². The van der Waals surface area contributed by atoms with Gasteiger partial charge in [-0.2, -0.15) is 5.10 Å². The molecule has 0 bridgehead atoms. The minimum Gasteiger partial charge on any atom is -0.497 e. The Morgan fingerprint density at radius 1 is 1.00 bits per heavy atom. The molecular formula is C23H21BrN2O4. The van der Waals surface area contributed by atoms with Crippen LogP contribution in [0.4, 0.5) is 0 Å². The summed E-state index contributed by atoms with van der Waals surface area (Å²) in [6, 6.07) is 22.5. The number of halogens is 1. The Labute approximate surface area is 183 Å². The van der Waals surface area contributed by atoms with Crippen LogP contribution in [0.3, 0.4) is 0 Å². The smallest absolute Gasteiger partial charge is 0.277 e. The monoisotopic (exact) mass is 468 g/mol. The van der Waals surface area contributed by atoms with E-state index in [0.717, 1.165) is 15.6 Å². The first-order valence-corrected chi connectivity index (χ1v) is 9.98. The number of carbonyl (C=O) groups excluding carboxylic acids is 1. The molecule has 7 heteroatoms. The van der Waals surface area contributed by atoms with Crippen LogP contribution in [0.15, 0.2) is 82.4 Å². The summed E-state index contributed by atoms with van der Waals surface area (Å²) < 4.78 is 17.3. The van der Waals surface area contributed by atoms with Crippen molar-refractivity contribution in [1.29, 1.82) is 0 Å². The van der Waals surface area contributed by atoms with Crippen LogP contribution in [-0.2, 0) is 11.4 Å². The highest BCUT2D eigenvalue weighted by molar-refractivity contribution is 9.10. The van der Waals surface area contributed by atoms with E-state index in [1.807, 2.05) is 48.5 Å². The van der Waals surface area contributed by atoms with E-state index in [0.29, 0.717) is 23.9 Å². The van der Waals surface area contributed by atoms with Gasteiger partial charge in [0.2, 0.25) is 0 Å². The topological polar surface area (TPSA) is 69.2 Å². The molecule has 0 atom stereocenters. The van der Waals surface area contributed by atoms with Crippen LogP contribution >= 0.6 is 15.9 Å². The second-order valence-electron chi connectivity index (χ2n) is 6.22. The van der Waals surface area contributed by atoms with E-state index in [1.54, 1.807) is 31.4 Å². The normalized spacial score (nSPS) is 10.6. The van der Waals surface area contributed by atoms with Gasteiger partial charge in [0.1, 0.15) is 23.9 Å². The first-order valence-electron chi connectivity index (χ1n) is 9.19. The molecule has 0 saturated heterocycles. The van der Waals surface area contributed by atoms with Crippen molar-refractivity contribution in [2.75, 3.05) is 13.7 Å².